The molecule has 0 atom stereocenters. The number of rotatable bonds is 4. The van der Waals surface area contributed by atoms with E-state index in [-0.39, 0.29) is 0 Å². The van der Waals surface area contributed by atoms with Crippen LogP contribution < -0.4 is 10.5 Å². The van der Waals surface area contributed by atoms with Gasteiger partial charge in [-0.15, -0.1) is 0 Å². The van der Waals surface area contributed by atoms with E-state index in [1.165, 1.54) is 0 Å². The summed E-state index contributed by atoms with van der Waals surface area (Å²) in [5.74, 6) is 0.854. The van der Waals surface area contributed by atoms with Gasteiger partial charge < -0.3 is 10.5 Å². The van der Waals surface area contributed by atoms with Gasteiger partial charge in [0, 0.05) is 10.0 Å². The molecule has 0 aliphatic rings. The molecule has 0 fully saturated rings. The molecule has 19 heavy (non-hydrogen) atoms. The minimum Gasteiger partial charge on any atom is -0.489 e. The van der Waals surface area contributed by atoms with Gasteiger partial charge >= 0.3 is 0 Å². The summed E-state index contributed by atoms with van der Waals surface area (Å²) in [6.07, 6.45) is 0. The monoisotopic (exact) mass is 335 g/mol. The molecule has 0 saturated heterocycles. The normalized spacial score (nSPS) is 10.2. The molecule has 98 valence electrons. The second-order valence-corrected chi connectivity index (χ2v) is 5.58. The van der Waals surface area contributed by atoms with Crippen LogP contribution in [-0.4, -0.2) is 4.99 Å². The standard InChI is InChI=1S/C15H14BrNOS/c1-10-6-7-12(16)8-14(10)18-9-11-4-2-3-5-13(11)15(17)19/h2-8H,9H2,1H3,(H2,17,19). The number of hydrogen-bond donors (Lipinski definition) is 1. The lowest BCUT2D eigenvalue weighted by Gasteiger charge is -2.12. The maximum atomic E-state index is 5.85. The van der Waals surface area contributed by atoms with Crippen molar-refractivity contribution in [1.82, 2.24) is 0 Å². The highest BCUT2D eigenvalue weighted by atomic mass is 79.9. The maximum absolute atomic E-state index is 5.85. The molecule has 0 aromatic heterocycles. The Morgan fingerprint density at radius 3 is 2.74 bits per heavy atom. The predicted octanol–water partition coefficient (Wildman–Crippen LogP) is 3.97. The molecule has 0 bridgehead atoms. The molecule has 0 unspecified atom stereocenters. The Hall–Kier alpha value is -1.39. The molecule has 0 saturated carbocycles. The predicted molar refractivity (Wildman–Crippen MR) is 85.5 cm³/mol. The van der Waals surface area contributed by atoms with Crippen LogP contribution in [0.15, 0.2) is 46.9 Å². The van der Waals surface area contributed by atoms with Gasteiger partial charge in [0.15, 0.2) is 0 Å². The van der Waals surface area contributed by atoms with Crippen molar-refractivity contribution in [1.29, 1.82) is 0 Å². The molecule has 0 aliphatic carbocycles. The van der Waals surface area contributed by atoms with Gasteiger partial charge in [0.2, 0.25) is 0 Å². The van der Waals surface area contributed by atoms with Crippen molar-refractivity contribution in [3.8, 4) is 5.75 Å². The van der Waals surface area contributed by atoms with E-state index in [1.807, 2.05) is 49.4 Å². The van der Waals surface area contributed by atoms with Gasteiger partial charge in [0.25, 0.3) is 0 Å². The second kappa shape index (κ2) is 6.17. The Morgan fingerprint density at radius 1 is 1.26 bits per heavy atom. The molecule has 0 spiro atoms. The molecule has 0 heterocycles. The Labute approximate surface area is 126 Å². The smallest absolute Gasteiger partial charge is 0.123 e. The zero-order valence-corrected chi connectivity index (χ0v) is 12.9. The summed E-state index contributed by atoms with van der Waals surface area (Å²) in [5.41, 5.74) is 8.66. The quantitative estimate of drug-likeness (QED) is 0.858. The minimum atomic E-state index is 0.394. The zero-order valence-electron chi connectivity index (χ0n) is 10.5. The van der Waals surface area contributed by atoms with E-state index < -0.39 is 0 Å². The van der Waals surface area contributed by atoms with Gasteiger partial charge in [-0.3, -0.25) is 0 Å². The van der Waals surface area contributed by atoms with Crippen molar-refractivity contribution < 1.29 is 4.74 Å². The van der Waals surface area contributed by atoms with Crippen LogP contribution in [0.2, 0.25) is 0 Å². The third-order valence-electron chi connectivity index (χ3n) is 2.82. The first kappa shape index (κ1) is 14.0. The molecular formula is C15H14BrNOS. The van der Waals surface area contributed by atoms with E-state index in [0.29, 0.717) is 11.6 Å². The highest BCUT2D eigenvalue weighted by Crippen LogP contribution is 2.24. The summed E-state index contributed by atoms with van der Waals surface area (Å²) < 4.78 is 6.85. The fourth-order valence-corrected chi connectivity index (χ4v) is 2.31. The molecule has 2 aromatic rings. The fourth-order valence-electron chi connectivity index (χ4n) is 1.77. The van der Waals surface area contributed by atoms with Gasteiger partial charge in [-0.05, 0) is 30.2 Å². The van der Waals surface area contributed by atoms with Crippen LogP contribution in [-0.2, 0) is 6.61 Å². The highest BCUT2D eigenvalue weighted by Gasteiger charge is 2.06. The summed E-state index contributed by atoms with van der Waals surface area (Å²) in [5, 5.41) is 0. The van der Waals surface area contributed by atoms with E-state index >= 15 is 0 Å². The average molecular weight is 336 g/mol. The lowest BCUT2D eigenvalue weighted by Crippen LogP contribution is -2.13. The van der Waals surface area contributed by atoms with E-state index in [9.17, 15) is 0 Å². The van der Waals surface area contributed by atoms with Gasteiger partial charge in [0.1, 0.15) is 17.3 Å². The number of ether oxygens (including phenoxy) is 1. The van der Waals surface area contributed by atoms with E-state index in [1.54, 1.807) is 0 Å². The lowest BCUT2D eigenvalue weighted by molar-refractivity contribution is 0.303. The number of aryl methyl sites for hydroxylation is 1. The van der Waals surface area contributed by atoms with Crippen molar-refractivity contribution in [3.63, 3.8) is 0 Å². The van der Waals surface area contributed by atoms with Crippen molar-refractivity contribution in [2.75, 3.05) is 0 Å². The Kier molecular flexibility index (Phi) is 4.56. The summed E-state index contributed by atoms with van der Waals surface area (Å²) in [4.78, 5) is 0.394. The van der Waals surface area contributed by atoms with Crippen molar-refractivity contribution in [2.45, 2.75) is 13.5 Å². The summed E-state index contributed by atoms with van der Waals surface area (Å²) in [6, 6.07) is 13.7. The van der Waals surface area contributed by atoms with E-state index in [4.69, 9.17) is 22.7 Å². The minimum absolute atomic E-state index is 0.394. The van der Waals surface area contributed by atoms with Crippen molar-refractivity contribution >= 4 is 33.1 Å². The van der Waals surface area contributed by atoms with E-state index in [2.05, 4.69) is 15.9 Å². The first-order chi connectivity index (χ1) is 9.08. The first-order valence-electron chi connectivity index (χ1n) is 5.84. The van der Waals surface area contributed by atoms with Gasteiger partial charge in [-0.25, -0.2) is 0 Å². The van der Waals surface area contributed by atoms with Gasteiger partial charge in [-0.1, -0.05) is 58.5 Å². The Morgan fingerprint density at radius 2 is 2.00 bits per heavy atom. The fraction of sp³-hybridized carbons (Fsp3) is 0.133. The SMILES string of the molecule is Cc1ccc(Br)cc1OCc1ccccc1C(N)=S. The summed E-state index contributed by atoms with van der Waals surface area (Å²) in [6.45, 7) is 2.46. The number of thiocarbonyl (C=S) groups is 1. The summed E-state index contributed by atoms with van der Waals surface area (Å²) >= 11 is 8.48. The molecule has 0 radical (unpaired) electrons. The zero-order chi connectivity index (χ0) is 13.8. The van der Waals surface area contributed by atoms with Crippen LogP contribution in [0.3, 0.4) is 0 Å². The highest BCUT2D eigenvalue weighted by molar-refractivity contribution is 9.10. The van der Waals surface area contributed by atoms with Gasteiger partial charge in [0.05, 0.1) is 0 Å². The summed E-state index contributed by atoms with van der Waals surface area (Å²) in [7, 11) is 0. The number of hydrogen-bond acceptors (Lipinski definition) is 2. The number of benzene rings is 2. The second-order valence-electron chi connectivity index (χ2n) is 4.22. The molecule has 0 amide bonds. The van der Waals surface area contributed by atoms with E-state index in [0.717, 1.165) is 26.9 Å². The van der Waals surface area contributed by atoms with Crippen LogP contribution in [0.1, 0.15) is 16.7 Å². The molecule has 2 rings (SSSR count). The number of halogens is 1. The van der Waals surface area contributed by atoms with Crippen LogP contribution in [0.25, 0.3) is 0 Å². The largest absolute Gasteiger partial charge is 0.489 e. The average Bonchev–Trinajstić information content (AvgIpc) is 2.40. The van der Waals surface area contributed by atoms with Crippen LogP contribution in [0.4, 0.5) is 0 Å². The lowest BCUT2D eigenvalue weighted by atomic mass is 10.1. The van der Waals surface area contributed by atoms with Crippen LogP contribution >= 0.6 is 28.1 Å². The third kappa shape index (κ3) is 3.55. The van der Waals surface area contributed by atoms with Crippen molar-refractivity contribution in [2.24, 2.45) is 5.73 Å². The molecule has 4 heteroatoms. The first-order valence-corrected chi connectivity index (χ1v) is 7.04. The topological polar surface area (TPSA) is 35.2 Å². The molecule has 2 nitrogen and oxygen atoms in total. The molecule has 2 aromatic carbocycles. The third-order valence-corrected chi connectivity index (χ3v) is 3.53. The molecule has 2 N–H and O–H groups in total. The van der Waals surface area contributed by atoms with Crippen LogP contribution in [0, 0.1) is 6.92 Å². The number of nitrogens with two attached hydrogens (primary N) is 1. The Balaban J connectivity index is 2.19. The molecular weight excluding hydrogens is 322 g/mol. The maximum Gasteiger partial charge on any atom is 0.123 e. The Bertz CT molecular complexity index is 613. The van der Waals surface area contributed by atoms with Crippen molar-refractivity contribution in [3.05, 3.63) is 63.6 Å². The molecule has 0 aliphatic heterocycles. The van der Waals surface area contributed by atoms with Gasteiger partial charge in [-0.2, -0.15) is 0 Å². The van der Waals surface area contributed by atoms with Crippen LogP contribution in [0.5, 0.6) is 5.75 Å².